The van der Waals surface area contributed by atoms with Crippen LogP contribution in [0.4, 0.5) is 0 Å². The second-order valence-corrected chi connectivity index (χ2v) is 4.46. The maximum absolute atomic E-state index is 6.09. The lowest BCUT2D eigenvalue weighted by Gasteiger charge is -2.03. The maximum atomic E-state index is 6.09. The minimum atomic E-state index is 0.591. The first-order chi connectivity index (χ1) is 7.08. The van der Waals surface area contributed by atoms with Crippen LogP contribution in [0.5, 0.6) is 0 Å². The molecule has 78 valence electrons. The Bertz CT molecular complexity index is 557. The van der Waals surface area contributed by atoms with Gasteiger partial charge in [0.05, 0.1) is 10.7 Å². The van der Waals surface area contributed by atoms with Crippen LogP contribution < -0.4 is 0 Å². The highest BCUT2D eigenvalue weighted by atomic mass is 35.5. The van der Waals surface area contributed by atoms with Gasteiger partial charge >= 0.3 is 0 Å². The molecule has 1 heterocycles. The molecule has 1 aromatic heterocycles. The van der Waals surface area contributed by atoms with Crippen LogP contribution in [0.25, 0.3) is 11.3 Å². The fraction of sp³-hybridized carbons (Fsp3) is 0.100. The minimum Gasteiger partial charge on any atom is -0.334 e. The molecular weight excluding hydrogens is 251 g/mol. The number of aromatic amines is 2. The fourth-order valence-corrected chi connectivity index (χ4v) is 2.19. The molecule has 0 aliphatic rings. The smallest absolute Gasteiger partial charge is 0.175 e. The van der Waals surface area contributed by atoms with Crippen molar-refractivity contribution in [1.29, 1.82) is 0 Å². The molecule has 0 atom stereocenters. The zero-order chi connectivity index (χ0) is 11.0. The monoisotopic (exact) mass is 258 g/mol. The van der Waals surface area contributed by atoms with E-state index < -0.39 is 0 Å². The average molecular weight is 259 g/mol. The summed E-state index contributed by atoms with van der Waals surface area (Å²) < 4.78 is 0.591. The summed E-state index contributed by atoms with van der Waals surface area (Å²) in [6.07, 6.45) is 0. The third-order valence-electron chi connectivity index (χ3n) is 2.12. The van der Waals surface area contributed by atoms with Crippen LogP contribution in [0.1, 0.15) is 5.69 Å². The van der Waals surface area contributed by atoms with Gasteiger partial charge in [-0.25, -0.2) is 0 Å². The first-order valence-corrected chi connectivity index (χ1v) is 5.48. The summed E-state index contributed by atoms with van der Waals surface area (Å²) in [7, 11) is 0. The molecule has 0 amide bonds. The average Bonchev–Trinajstić information content (AvgIpc) is 2.45. The van der Waals surface area contributed by atoms with Crippen LogP contribution in [-0.2, 0) is 0 Å². The van der Waals surface area contributed by atoms with E-state index in [0.717, 1.165) is 17.0 Å². The molecule has 0 aliphatic heterocycles. The summed E-state index contributed by atoms with van der Waals surface area (Å²) in [5, 5.41) is 1.23. The van der Waals surface area contributed by atoms with Crippen molar-refractivity contribution in [1.82, 2.24) is 9.97 Å². The van der Waals surface area contributed by atoms with Crippen LogP contribution in [0.15, 0.2) is 18.2 Å². The van der Waals surface area contributed by atoms with Crippen molar-refractivity contribution in [2.75, 3.05) is 0 Å². The minimum absolute atomic E-state index is 0.591. The predicted molar refractivity (Wildman–Crippen MR) is 66.2 cm³/mol. The van der Waals surface area contributed by atoms with Gasteiger partial charge in [-0.05, 0) is 37.3 Å². The quantitative estimate of drug-likeness (QED) is 0.733. The van der Waals surface area contributed by atoms with Gasteiger partial charge < -0.3 is 9.97 Å². The molecule has 0 bridgehead atoms. The molecule has 5 heteroatoms. The third-order valence-corrected chi connectivity index (χ3v) is 2.87. The van der Waals surface area contributed by atoms with Crippen molar-refractivity contribution in [2.24, 2.45) is 0 Å². The molecule has 0 spiro atoms. The van der Waals surface area contributed by atoms with Gasteiger partial charge in [0.2, 0.25) is 0 Å². The first-order valence-electron chi connectivity index (χ1n) is 4.32. The molecule has 2 aromatic rings. The number of nitrogens with one attached hydrogen (secondary N) is 2. The number of imidazole rings is 1. The number of hydrogen-bond acceptors (Lipinski definition) is 1. The molecule has 2 rings (SSSR count). The van der Waals surface area contributed by atoms with Gasteiger partial charge in [-0.1, -0.05) is 23.2 Å². The molecule has 0 aliphatic carbocycles. The van der Waals surface area contributed by atoms with E-state index in [1.165, 1.54) is 0 Å². The van der Waals surface area contributed by atoms with Gasteiger partial charge in [0.15, 0.2) is 4.77 Å². The van der Waals surface area contributed by atoms with E-state index in [-0.39, 0.29) is 0 Å². The van der Waals surface area contributed by atoms with Crippen molar-refractivity contribution in [3.8, 4) is 11.3 Å². The number of aryl methyl sites for hydroxylation is 1. The Hall–Kier alpha value is -0.770. The van der Waals surface area contributed by atoms with Crippen molar-refractivity contribution in [2.45, 2.75) is 6.92 Å². The summed E-state index contributed by atoms with van der Waals surface area (Å²) in [6, 6.07) is 5.37. The van der Waals surface area contributed by atoms with E-state index in [4.69, 9.17) is 35.4 Å². The van der Waals surface area contributed by atoms with Crippen molar-refractivity contribution < 1.29 is 0 Å². The molecule has 0 unspecified atom stereocenters. The van der Waals surface area contributed by atoms with Gasteiger partial charge in [0.25, 0.3) is 0 Å². The van der Waals surface area contributed by atoms with Gasteiger partial charge in [-0.15, -0.1) is 0 Å². The van der Waals surface area contributed by atoms with Gasteiger partial charge in [0, 0.05) is 16.3 Å². The number of benzene rings is 1. The van der Waals surface area contributed by atoms with Gasteiger partial charge in [-0.3, -0.25) is 0 Å². The fourth-order valence-electron chi connectivity index (χ4n) is 1.43. The number of H-pyrrole nitrogens is 2. The Morgan fingerprint density at radius 1 is 1.20 bits per heavy atom. The summed E-state index contributed by atoms with van der Waals surface area (Å²) in [5.41, 5.74) is 2.76. The standard InChI is InChI=1S/C10H8Cl2N2S/c1-5-9(14-10(15)13-5)7-3-2-6(11)4-8(7)12/h2-4H,1H3,(H2,13,14,15). The molecule has 15 heavy (non-hydrogen) atoms. The summed E-state index contributed by atoms with van der Waals surface area (Å²) in [5.74, 6) is 0. The molecule has 1 aromatic carbocycles. The Balaban J connectivity index is 2.64. The summed E-state index contributed by atoms with van der Waals surface area (Å²) in [4.78, 5) is 6.07. The van der Waals surface area contributed by atoms with E-state index in [9.17, 15) is 0 Å². The molecule has 2 N–H and O–H groups in total. The molecule has 2 nitrogen and oxygen atoms in total. The Labute approximate surface area is 102 Å². The second kappa shape index (κ2) is 4.00. The zero-order valence-corrected chi connectivity index (χ0v) is 10.2. The molecular formula is C10H8Cl2N2S. The summed E-state index contributed by atoms with van der Waals surface area (Å²) >= 11 is 16.9. The number of halogens is 2. The van der Waals surface area contributed by atoms with Crippen LogP contribution in [0, 0.1) is 11.7 Å². The largest absolute Gasteiger partial charge is 0.334 e. The normalized spacial score (nSPS) is 10.6. The van der Waals surface area contributed by atoms with E-state index in [1.807, 2.05) is 13.0 Å². The molecule has 0 fully saturated rings. The molecule has 0 saturated heterocycles. The number of rotatable bonds is 1. The lowest BCUT2D eigenvalue weighted by atomic mass is 10.1. The van der Waals surface area contributed by atoms with Crippen molar-refractivity contribution in [3.05, 3.63) is 38.7 Å². The van der Waals surface area contributed by atoms with Crippen LogP contribution in [0.2, 0.25) is 10.0 Å². The zero-order valence-electron chi connectivity index (χ0n) is 7.90. The Morgan fingerprint density at radius 2 is 1.93 bits per heavy atom. The Morgan fingerprint density at radius 3 is 2.47 bits per heavy atom. The molecule has 0 radical (unpaired) electrons. The first kappa shape index (κ1) is 10.7. The lowest BCUT2D eigenvalue weighted by molar-refractivity contribution is 1.22. The second-order valence-electron chi connectivity index (χ2n) is 3.20. The predicted octanol–water partition coefficient (Wildman–Crippen LogP) is 4.35. The lowest BCUT2D eigenvalue weighted by Crippen LogP contribution is -1.82. The highest BCUT2D eigenvalue weighted by molar-refractivity contribution is 7.71. The molecule has 0 saturated carbocycles. The topological polar surface area (TPSA) is 31.6 Å². The van der Waals surface area contributed by atoms with Crippen molar-refractivity contribution >= 4 is 35.4 Å². The SMILES string of the molecule is Cc1[nH]c(=S)[nH]c1-c1ccc(Cl)cc1Cl. The van der Waals surface area contributed by atoms with E-state index >= 15 is 0 Å². The summed E-state index contributed by atoms with van der Waals surface area (Å²) in [6.45, 7) is 1.94. The van der Waals surface area contributed by atoms with Crippen LogP contribution >= 0.6 is 35.4 Å². The number of aromatic nitrogens is 2. The van der Waals surface area contributed by atoms with E-state index in [2.05, 4.69) is 9.97 Å². The van der Waals surface area contributed by atoms with Gasteiger partial charge in [0.1, 0.15) is 0 Å². The number of hydrogen-bond donors (Lipinski definition) is 2. The Kier molecular flexibility index (Phi) is 2.87. The van der Waals surface area contributed by atoms with Crippen LogP contribution in [-0.4, -0.2) is 9.97 Å². The third kappa shape index (κ3) is 2.09. The van der Waals surface area contributed by atoms with E-state index in [1.54, 1.807) is 12.1 Å². The van der Waals surface area contributed by atoms with Crippen molar-refractivity contribution in [3.63, 3.8) is 0 Å². The van der Waals surface area contributed by atoms with Gasteiger partial charge in [-0.2, -0.15) is 0 Å². The highest BCUT2D eigenvalue weighted by Gasteiger charge is 2.08. The maximum Gasteiger partial charge on any atom is 0.175 e. The van der Waals surface area contributed by atoms with Crippen LogP contribution in [0.3, 0.4) is 0 Å². The highest BCUT2D eigenvalue weighted by Crippen LogP contribution is 2.30. The van der Waals surface area contributed by atoms with E-state index in [0.29, 0.717) is 14.8 Å².